The lowest BCUT2D eigenvalue weighted by Crippen LogP contribution is -1.97. The van der Waals surface area contributed by atoms with Crippen LogP contribution in [0.15, 0.2) is 42.8 Å². The smallest absolute Gasteiger partial charge is 0.178 e. The first-order valence-corrected chi connectivity index (χ1v) is 3.81. The van der Waals surface area contributed by atoms with Gasteiger partial charge in [-0.3, -0.25) is 9.59 Å². The minimum atomic E-state index is -0.121. The van der Waals surface area contributed by atoms with Crippen molar-refractivity contribution in [2.24, 2.45) is 0 Å². The minimum Gasteiger partial charge on any atom is -0.290 e. The number of carbonyl (C=O) groups is 2. The van der Waals surface area contributed by atoms with Gasteiger partial charge in [-0.25, -0.2) is 0 Å². The molecule has 5 nitrogen and oxygen atoms in total. The highest BCUT2D eigenvalue weighted by atomic mass is 16.1. The molecule has 0 fully saturated rings. The second-order valence-corrected chi connectivity index (χ2v) is 2.28. The molecule has 1 aromatic heterocycles. The van der Waals surface area contributed by atoms with Gasteiger partial charge in [0.1, 0.15) is 0 Å². The van der Waals surface area contributed by atoms with Gasteiger partial charge in [0, 0.05) is 0 Å². The minimum absolute atomic E-state index is 0.121. The van der Waals surface area contributed by atoms with Gasteiger partial charge in [0.15, 0.2) is 11.6 Å². The molecule has 0 amide bonds. The first-order chi connectivity index (χ1) is 6.79. The standard InChI is InChI=1S/C6H4O2.C3H3N3/c7-5-1-2-6(8)4-3-5;1-2-4-6-5-3-1/h1-4H;1-3H. The number of aromatic nitrogens is 3. The van der Waals surface area contributed by atoms with E-state index in [0.29, 0.717) is 0 Å². The molecule has 70 valence electrons. The highest BCUT2D eigenvalue weighted by molar-refractivity contribution is 6.14. The molecule has 1 aromatic rings. The number of carbonyl (C=O) groups excluding carboxylic acids is 2. The van der Waals surface area contributed by atoms with Crippen molar-refractivity contribution >= 4 is 11.6 Å². The van der Waals surface area contributed by atoms with Gasteiger partial charge < -0.3 is 0 Å². The van der Waals surface area contributed by atoms with Crippen LogP contribution in [0.5, 0.6) is 0 Å². The summed E-state index contributed by atoms with van der Waals surface area (Å²) in [6.45, 7) is 0. The summed E-state index contributed by atoms with van der Waals surface area (Å²) in [7, 11) is 0. The summed E-state index contributed by atoms with van der Waals surface area (Å²) in [5, 5.41) is 10.1. The zero-order chi connectivity index (χ0) is 10.2. The number of allylic oxidation sites excluding steroid dienone is 4. The van der Waals surface area contributed by atoms with Crippen molar-refractivity contribution in [1.82, 2.24) is 15.4 Å². The van der Waals surface area contributed by atoms with Crippen molar-refractivity contribution in [1.29, 1.82) is 0 Å². The van der Waals surface area contributed by atoms with Gasteiger partial charge in [0.2, 0.25) is 0 Å². The topological polar surface area (TPSA) is 72.8 Å². The quantitative estimate of drug-likeness (QED) is 0.542. The van der Waals surface area contributed by atoms with Crippen LogP contribution in [0.4, 0.5) is 0 Å². The first kappa shape index (κ1) is 9.91. The van der Waals surface area contributed by atoms with Crippen LogP contribution in [0.1, 0.15) is 0 Å². The SMILES string of the molecule is O=C1C=CC(=O)C=C1.c1cnnnc1. The van der Waals surface area contributed by atoms with Crippen molar-refractivity contribution in [3.05, 3.63) is 42.8 Å². The summed E-state index contributed by atoms with van der Waals surface area (Å²) in [4.78, 5) is 20.6. The van der Waals surface area contributed by atoms with E-state index in [0.717, 1.165) is 0 Å². The van der Waals surface area contributed by atoms with Gasteiger partial charge in [-0.1, -0.05) is 0 Å². The molecule has 0 N–H and O–H groups in total. The van der Waals surface area contributed by atoms with Crippen LogP contribution in [-0.2, 0) is 9.59 Å². The maximum absolute atomic E-state index is 10.3. The number of ketones is 2. The third kappa shape index (κ3) is 4.01. The van der Waals surface area contributed by atoms with E-state index >= 15 is 0 Å². The molecule has 0 saturated heterocycles. The van der Waals surface area contributed by atoms with Crippen LogP contribution in [0, 0.1) is 0 Å². The van der Waals surface area contributed by atoms with Crippen LogP contribution in [0.25, 0.3) is 0 Å². The van der Waals surface area contributed by atoms with Gasteiger partial charge in [0.05, 0.1) is 12.4 Å². The van der Waals surface area contributed by atoms with E-state index in [1.54, 1.807) is 18.5 Å². The fourth-order valence-electron chi connectivity index (χ4n) is 0.645. The normalized spacial score (nSPS) is 13.4. The van der Waals surface area contributed by atoms with E-state index in [-0.39, 0.29) is 11.6 Å². The molecular weight excluding hydrogens is 182 g/mol. The Balaban J connectivity index is 0.000000146. The van der Waals surface area contributed by atoms with E-state index in [9.17, 15) is 9.59 Å². The molecule has 1 heterocycles. The average Bonchev–Trinajstić information content (AvgIpc) is 2.26. The lowest BCUT2D eigenvalue weighted by atomic mass is 10.2. The highest BCUT2D eigenvalue weighted by Crippen LogP contribution is 1.90. The summed E-state index contributed by atoms with van der Waals surface area (Å²) in [5.74, 6) is -0.241. The molecule has 0 spiro atoms. The fourth-order valence-corrected chi connectivity index (χ4v) is 0.645. The Hall–Kier alpha value is -2.17. The van der Waals surface area contributed by atoms with E-state index in [1.807, 2.05) is 0 Å². The van der Waals surface area contributed by atoms with Crippen LogP contribution in [-0.4, -0.2) is 27.0 Å². The zero-order valence-corrected chi connectivity index (χ0v) is 7.20. The Morgan fingerprint density at radius 2 is 1.21 bits per heavy atom. The largest absolute Gasteiger partial charge is 0.290 e. The molecular formula is C9H7N3O2. The van der Waals surface area contributed by atoms with Crippen LogP contribution in [0.3, 0.4) is 0 Å². The van der Waals surface area contributed by atoms with Gasteiger partial charge in [-0.05, 0) is 35.6 Å². The molecule has 0 bridgehead atoms. The fraction of sp³-hybridized carbons (Fsp3) is 0. The predicted molar refractivity (Wildman–Crippen MR) is 48.1 cm³/mol. The van der Waals surface area contributed by atoms with Gasteiger partial charge in [-0.15, -0.1) is 10.2 Å². The third-order valence-electron chi connectivity index (χ3n) is 1.23. The molecule has 1 aliphatic rings. The van der Waals surface area contributed by atoms with Crippen molar-refractivity contribution in [2.45, 2.75) is 0 Å². The number of nitrogens with zero attached hydrogens (tertiary/aromatic N) is 3. The molecule has 0 aromatic carbocycles. The van der Waals surface area contributed by atoms with Crippen molar-refractivity contribution in [3.8, 4) is 0 Å². The summed E-state index contributed by atoms with van der Waals surface area (Å²) < 4.78 is 0. The number of hydrogen-bond acceptors (Lipinski definition) is 5. The zero-order valence-electron chi connectivity index (χ0n) is 7.20. The summed E-state index contributed by atoms with van der Waals surface area (Å²) in [6.07, 6.45) is 8.16. The van der Waals surface area contributed by atoms with Crippen LogP contribution in [0.2, 0.25) is 0 Å². The predicted octanol–water partition coefficient (Wildman–Crippen LogP) is 0.122. The van der Waals surface area contributed by atoms with E-state index in [1.165, 1.54) is 24.3 Å². The Morgan fingerprint density at radius 1 is 0.786 bits per heavy atom. The third-order valence-corrected chi connectivity index (χ3v) is 1.23. The summed E-state index contributed by atoms with van der Waals surface area (Å²) in [5.41, 5.74) is 0. The maximum atomic E-state index is 10.3. The van der Waals surface area contributed by atoms with E-state index in [2.05, 4.69) is 15.4 Å². The van der Waals surface area contributed by atoms with Crippen LogP contribution < -0.4 is 0 Å². The Labute approximate surface area is 80.2 Å². The number of hydrogen-bond donors (Lipinski definition) is 0. The Bertz CT molecular complexity index is 306. The molecule has 1 aliphatic carbocycles. The van der Waals surface area contributed by atoms with Crippen molar-refractivity contribution in [3.63, 3.8) is 0 Å². The molecule has 0 radical (unpaired) electrons. The molecule has 14 heavy (non-hydrogen) atoms. The first-order valence-electron chi connectivity index (χ1n) is 3.81. The van der Waals surface area contributed by atoms with Gasteiger partial charge >= 0.3 is 0 Å². The molecule has 0 aliphatic heterocycles. The van der Waals surface area contributed by atoms with Crippen LogP contribution >= 0.6 is 0 Å². The lowest BCUT2D eigenvalue weighted by Gasteiger charge is -1.87. The second-order valence-electron chi connectivity index (χ2n) is 2.28. The molecule has 0 unspecified atom stereocenters. The summed E-state index contributed by atoms with van der Waals surface area (Å²) >= 11 is 0. The average molecular weight is 189 g/mol. The summed E-state index contributed by atoms with van der Waals surface area (Å²) in [6, 6.07) is 1.72. The highest BCUT2D eigenvalue weighted by Gasteiger charge is 1.97. The van der Waals surface area contributed by atoms with Crippen molar-refractivity contribution < 1.29 is 9.59 Å². The monoisotopic (exact) mass is 189 g/mol. The van der Waals surface area contributed by atoms with Gasteiger partial charge in [-0.2, -0.15) is 0 Å². The lowest BCUT2D eigenvalue weighted by molar-refractivity contribution is -0.113. The van der Waals surface area contributed by atoms with Crippen molar-refractivity contribution in [2.75, 3.05) is 0 Å². The van der Waals surface area contributed by atoms with E-state index < -0.39 is 0 Å². The Morgan fingerprint density at radius 3 is 1.43 bits per heavy atom. The Kier molecular flexibility index (Phi) is 3.87. The molecule has 5 heteroatoms. The molecule has 0 saturated carbocycles. The second kappa shape index (κ2) is 5.47. The maximum Gasteiger partial charge on any atom is 0.178 e. The van der Waals surface area contributed by atoms with E-state index in [4.69, 9.17) is 0 Å². The molecule has 0 atom stereocenters. The number of rotatable bonds is 0. The van der Waals surface area contributed by atoms with Gasteiger partial charge in [0.25, 0.3) is 0 Å². The molecule has 2 rings (SSSR count).